The van der Waals surface area contributed by atoms with Crippen LogP contribution in [-0.2, 0) is 6.54 Å². The van der Waals surface area contributed by atoms with Crippen molar-refractivity contribution >= 4 is 5.97 Å². The van der Waals surface area contributed by atoms with Gasteiger partial charge in [-0.2, -0.15) is 5.10 Å². The maximum atomic E-state index is 10.8. The highest BCUT2D eigenvalue weighted by molar-refractivity contribution is 5.85. The van der Waals surface area contributed by atoms with Crippen molar-refractivity contribution in [2.24, 2.45) is 0 Å². The summed E-state index contributed by atoms with van der Waals surface area (Å²) in [6, 6.07) is 11.1. The van der Waals surface area contributed by atoms with Crippen molar-refractivity contribution in [2.45, 2.75) is 6.54 Å². The number of carboxylic acids is 1. The van der Waals surface area contributed by atoms with Crippen LogP contribution in [0.25, 0.3) is 0 Å². The highest BCUT2D eigenvalue weighted by Crippen LogP contribution is 2.05. The van der Waals surface area contributed by atoms with E-state index in [0.717, 1.165) is 5.56 Å². The second kappa shape index (κ2) is 3.96. The van der Waals surface area contributed by atoms with Crippen LogP contribution in [0.2, 0.25) is 0 Å². The third kappa shape index (κ3) is 2.04. The van der Waals surface area contributed by atoms with Gasteiger partial charge in [-0.25, -0.2) is 4.79 Å². The lowest BCUT2D eigenvalue weighted by atomic mass is 10.2. The first-order valence-electron chi connectivity index (χ1n) is 4.56. The lowest BCUT2D eigenvalue weighted by Crippen LogP contribution is -2.10. The fourth-order valence-electron chi connectivity index (χ4n) is 1.40. The number of hydrogen-bond donors (Lipinski definition) is 1. The van der Waals surface area contributed by atoms with Crippen LogP contribution in [0.5, 0.6) is 0 Å². The van der Waals surface area contributed by atoms with Crippen LogP contribution < -0.4 is 0 Å². The summed E-state index contributed by atoms with van der Waals surface area (Å²) in [5, 5.41) is 12.8. The SMILES string of the molecule is O=C(O)c1ccnn1Cc1ccccc1. The molecule has 1 heterocycles. The first-order valence-corrected chi connectivity index (χ1v) is 4.56. The molecule has 0 aliphatic rings. The fourth-order valence-corrected chi connectivity index (χ4v) is 1.40. The standard InChI is InChI=1S/C11H10N2O2/c14-11(15)10-6-7-12-13(10)8-9-4-2-1-3-5-9/h1-7H,8H2,(H,14,15). The summed E-state index contributed by atoms with van der Waals surface area (Å²) in [6.45, 7) is 0.482. The predicted molar refractivity (Wildman–Crippen MR) is 54.7 cm³/mol. The molecule has 4 nitrogen and oxygen atoms in total. The van der Waals surface area contributed by atoms with Crippen LogP contribution in [0.4, 0.5) is 0 Å². The van der Waals surface area contributed by atoms with Gasteiger partial charge in [-0.05, 0) is 11.6 Å². The molecular formula is C11H10N2O2. The van der Waals surface area contributed by atoms with Gasteiger partial charge in [0.2, 0.25) is 0 Å². The minimum atomic E-state index is -0.955. The first-order chi connectivity index (χ1) is 7.27. The van der Waals surface area contributed by atoms with Crippen LogP contribution in [0.1, 0.15) is 16.1 Å². The Labute approximate surface area is 86.8 Å². The summed E-state index contributed by atoms with van der Waals surface area (Å²) in [6.07, 6.45) is 1.49. The summed E-state index contributed by atoms with van der Waals surface area (Å²) in [7, 11) is 0. The molecule has 0 saturated heterocycles. The Balaban J connectivity index is 2.25. The number of benzene rings is 1. The molecule has 0 unspecified atom stereocenters. The van der Waals surface area contributed by atoms with Crippen molar-refractivity contribution in [1.82, 2.24) is 9.78 Å². The Kier molecular flexibility index (Phi) is 2.49. The zero-order valence-electron chi connectivity index (χ0n) is 8.00. The predicted octanol–water partition coefficient (Wildman–Crippen LogP) is 1.63. The third-order valence-electron chi connectivity index (χ3n) is 2.11. The molecule has 76 valence electrons. The van der Waals surface area contributed by atoms with E-state index in [0.29, 0.717) is 6.54 Å². The molecule has 0 atom stereocenters. The van der Waals surface area contributed by atoms with E-state index < -0.39 is 5.97 Å². The molecule has 0 radical (unpaired) electrons. The lowest BCUT2D eigenvalue weighted by molar-refractivity contribution is 0.0684. The number of nitrogens with zero attached hydrogens (tertiary/aromatic N) is 2. The van der Waals surface area contributed by atoms with Crippen LogP contribution in [0.3, 0.4) is 0 Å². The minimum absolute atomic E-state index is 0.207. The third-order valence-corrected chi connectivity index (χ3v) is 2.11. The Hall–Kier alpha value is -2.10. The fraction of sp³-hybridized carbons (Fsp3) is 0.0909. The summed E-state index contributed by atoms with van der Waals surface area (Å²) < 4.78 is 1.47. The molecule has 0 spiro atoms. The molecule has 4 heteroatoms. The zero-order chi connectivity index (χ0) is 10.7. The van der Waals surface area contributed by atoms with E-state index in [9.17, 15) is 4.79 Å². The van der Waals surface area contributed by atoms with E-state index >= 15 is 0 Å². The van der Waals surface area contributed by atoms with E-state index in [4.69, 9.17) is 5.11 Å². The van der Waals surface area contributed by atoms with Crippen molar-refractivity contribution in [3.05, 3.63) is 53.9 Å². The lowest BCUT2D eigenvalue weighted by Gasteiger charge is -2.03. The Morgan fingerprint density at radius 2 is 2.00 bits per heavy atom. The van der Waals surface area contributed by atoms with Gasteiger partial charge in [0, 0.05) is 6.20 Å². The van der Waals surface area contributed by atoms with Crippen molar-refractivity contribution in [2.75, 3.05) is 0 Å². The molecule has 0 saturated carbocycles. The highest BCUT2D eigenvalue weighted by Gasteiger charge is 2.09. The van der Waals surface area contributed by atoms with Gasteiger partial charge >= 0.3 is 5.97 Å². The van der Waals surface area contributed by atoms with E-state index in [2.05, 4.69) is 5.10 Å². The van der Waals surface area contributed by atoms with Crippen molar-refractivity contribution in [3.8, 4) is 0 Å². The molecule has 15 heavy (non-hydrogen) atoms. The molecule has 0 aliphatic heterocycles. The number of hydrogen-bond acceptors (Lipinski definition) is 2. The van der Waals surface area contributed by atoms with Gasteiger partial charge in [-0.1, -0.05) is 30.3 Å². The second-order valence-corrected chi connectivity index (χ2v) is 3.16. The monoisotopic (exact) mass is 202 g/mol. The van der Waals surface area contributed by atoms with Crippen LogP contribution in [-0.4, -0.2) is 20.9 Å². The normalized spacial score (nSPS) is 10.1. The minimum Gasteiger partial charge on any atom is -0.477 e. The molecule has 0 bridgehead atoms. The maximum Gasteiger partial charge on any atom is 0.354 e. The molecule has 0 aliphatic carbocycles. The molecule has 0 fully saturated rings. The van der Waals surface area contributed by atoms with Gasteiger partial charge in [0.15, 0.2) is 0 Å². The molecular weight excluding hydrogens is 192 g/mol. The van der Waals surface area contributed by atoms with E-state index in [-0.39, 0.29) is 5.69 Å². The largest absolute Gasteiger partial charge is 0.477 e. The van der Waals surface area contributed by atoms with E-state index in [1.807, 2.05) is 30.3 Å². The van der Waals surface area contributed by atoms with Gasteiger partial charge < -0.3 is 5.11 Å². The number of rotatable bonds is 3. The van der Waals surface area contributed by atoms with Gasteiger partial charge in [0.25, 0.3) is 0 Å². The second-order valence-electron chi connectivity index (χ2n) is 3.16. The molecule has 0 amide bonds. The van der Waals surface area contributed by atoms with Crippen molar-refractivity contribution in [3.63, 3.8) is 0 Å². The van der Waals surface area contributed by atoms with Crippen LogP contribution in [0.15, 0.2) is 42.6 Å². The average molecular weight is 202 g/mol. The Morgan fingerprint density at radius 1 is 1.27 bits per heavy atom. The van der Waals surface area contributed by atoms with Crippen molar-refractivity contribution < 1.29 is 9.90 Å². The summed E-state index contributed by atoms with van der Waals surface area (Å²) in [5.74, 6) is -0.955. The van der Waals surface area contributed by atoms with Gasteiger partial charge in [-0.3, -0.25) is 4.68 Å². The van der Waals surface area contributed by atoms with E-state index in [1.165, 1.54) is 16.9 Å². The molecule has 1 aromatic heterocycles. The van der Waals surface area contributed by atoms with Gasteiger partial charge in [-0.15, -0.1) is 0 Å². The number of aromatic carboxylic acids is 1. The molecule has 2 rings (SSSR count). The number of carboxylic acid groups (broad SMARTS) is 1. The Bertz CT molecular complexity index is 462. The van der Waals surface area contributed by atoms with Gasteiger partial charge in [0.1, 0.15) is 5.69 Å². The highest BCUT2D eigenvalue weighted by atomic mass is 16.4. The Morgan fingerprint density at radius 3 is 2.67 bits per heavy atom. The van der Waals surface area contributed by atoms with E-state index in [1.54, 1.807) is 0 Å². The summed E-state index contributed by atoms with van der Waals surface area (Å²) >= 11 is 0. The number of aromatic nitrogens is 2. The zero-order valence-corrected chi connectivity index (χ0v) is 8.00. The topological polar surface area (TPSA) is 55.1 Å². The summed E-state index contributed by atoms with van der Waals surface area (Å²) in [4.78, 5) is 10.8. The van der Waals surface area contributed by atoms with Crippen molar-refractivity contribution in [1.29, 1.82) is 0 Å². The van der Waals surface area contributed by atoms with Crippen LogP contribution >= 0.6 is 0 Å². The number of carbonyl (C=O) groups is 1. The molecule has 1 aromatic carbocycles. The first kappa shape index (κ1) is 9.45. The smallest absolute Gasteiger partial charge is 0.354 e. The summed E-state index contributed by atoms with van der Waals surface area (Å²) in [5.41, 5.74) is 1.24. The quantitative estimate of drug-likeness (QED) is 0.822. The average Bonchev–Trinajstić information content (AvgIpc) is 2.67. The molecule has 2 aromatic rings. The molecule has 1 N–H and O–H groups in total. The van der Waals surface area contributed by atoms with Crippen LogP contribution in [0, 0.1) is 0 Å². The maximum absolute atomic E-state index is 10.8. The van der Waals surface area contributed by atoms with Gasteiger partial charge in [0.05, 0.1) is 6.54 Å².